The third-order valence-corrected chi connectivity index (χ3v) is 4.84. The maximum absolute atomic E-state index is 12.4. The van der Waals surface area contributed by atoms with E-state index in [-0.39, 0.29) is 12.1 Å². The monoisotopic (exact) mass is 367 g/mol. The van der Waals surface area contributed by atoms with Crippen LogP contribution in [0, 0.1) is 0 Å². The number of pyridine rings is 1. The van der Waals surface area contributed by atoms with Gasteiger partial charge in [0, 0.05) is 32.0 Å². The molecule has 0 aliphatic carbocycles. The molecular weight excluding hydrogens is 346 g/mol. The average Bonchev–Trinajstić information content (AvgIpc) is 2.72. The molecule has 7 heteroatoms. The second-order valence-electron chi connectivity index (χ2n) is 6.49. The molecule has 2 heterocycles. The number of hydrogen-bond acceptors (Lipinski definition) is 4. The lowest BCUT2D eigenvalue weighted by molar-refractivity contribution is -0.146. The van der Waals surface area contributed by atoms with Gasteiger partial charge in [0.25, 0.3) is 0 Å². The Labute approximate surface area is 157 Å². The van der Waals surface area contributed by atoms with Crippen molar-refractivity contribution in [1.82, 2.24) is 15.2 Å². The van der Waals surface area contributed by atoms with Crippen LogP contribution in [-0.2, 0) is 16.1 Å². The largest absolute Gasteiger partial charge is 0.478 e. The van der Waals surface area contributed by atoms with E-state index in [4.69, 9.17) is 0 Å². The second kappa shape index (κ2) is 8.44. The number of carbonyl (C=O) groups is 3. The van der Waals surface area contributed by atoms with Crippen molar-refractivity contribution in [2.45, 2.75) is 25.3 Å². The zero-order chi connectivity index (χ0) is 19.2. The van der Waals surface area contributed by atoms with Gasteiger partial charge in [0.05, 0.1) is 5.56 Å². The molecule has 1 aromatic carbocycles. The predicted octanol–water partition coefficient (Wildman–Crippen LogP) is 1.80. The number of aromatic carboxylic acids is 1. The number of nitrogens with zero attached hydrogens (tertiary/aromatic N) is 2. The molecule has 2 amide bonds. The van der Waals surface area contributed by atoms with Crippen molar-refractivity contribution >= 4 is 17.8 Å². The first-order chi connectivity index (χ1) is 13.1. The number of aromatic nitrogens is 1. The lowest BCUT2D eigenvalue weighted by atomic mass is 9.90. The first-order valence-corrected chi connectivity index (χ1v) is 8.84. The summed E-state index contributed by atoms with van der Waals surface area (Å²) in [5.74, 6) is -1.99. The molecule has 7 nitrogen and oxygen atoms in total. The van der Waals surface area contributed by atoms with E-state index in [9.17, 15) is 19.5 Å². The van der Waals surface area contributed by atoms with Gasteiger partial charge in [-0.15, -0.1) is 0 Å². The molecule has 1 aromatic heterocycles. The number of amides is 2. The molecule has 27 heavy (non-hydrogen) atoms. The van der Waals surface area contributed by atoms with E-state index in [1.54, 1.807) is 35.5 Å². The molecule has 0 atom stereocenters. The quantitative estimate of drug-likeness (QED) is 0.803. The Balaban J connectivity index is 1.53. The highest BCUT2D eigenvalue weighted by Gasteiger charge is 2.27. The van der Waals surface area contributed by atoms with E-state index in [0.717, 1.165) is 12.8 Å². The number of nitrogens with one attached hydrogen (secondary N) is 1. The summed E-state index contributed by atoms with van der Waals surface area (Å²) in [5.41, 5.74) is 1.78. The fourth-order valence-corrected chi connectivity index (χ4v) is 3.33. The van der Waals surface area contributed by atoms with Crippen molar-refractivity contribution in [3.8, 4) is 0 Å². The van der Waals surface area contributed by atoms with E-state index in [1.165, 1.54) is 11.6 Å². The first kappa shape index (κ1) is 18.6. The number of hydrogen-bond donors (Lipinski definition) is 2. The van der Waals surface area contributed by atoms with Gasteiger partial charge in [0.1, 0.15) is 0 Å². The van der Waals surface area contributed by atoms with Gasteiger partial charge in [-0.1, -0.05) is 18.2 Å². The van der Waals surface area contributed by atoms with Crippen molar-refractivity contribution in [3.05, 3.63) is 65.5 Å². The summed E-state index contributed by atoms with van der Waals surface area (Å²) < 4.78 is 0. The van der Waals surface area contributed by atoms with Gasteiger partial charge in [-0.2, -0.15) is 0 Å². The van der Waals surface area contributed by atoms with Crippen LogP contribution in [0.15, 0.2) is 48.8 Å². The molecule has 1 saturated heterocycles. The molecule has 0 unspecified atom stereocenters. The number of carboxylic acids is 1. The van der Waals surface area contributed by atoms with Gasteiger partial charge in [-0.25, -0.2) is 4.79 Å². The number of piperidine rings is 1. The minimum Gasteiger partial charge on any atom is -0.478 e. The van der Waals surface area contributed by atoms with Crippen LogP contribution >= 0.6 is 0 Å². The van der Waals surface area contributed by atoms with Crippen LogP contribution in [0.2, 0.25) is 0 Å². The third kappa shape index (κ3) is 4.49. The number of benzene rings is 1. The fourth-order valence-electron chi connectivity index (χ4n) is 3.33. The Morgan fingerprint density at radius 2 is 1.74 bits per heavy atom. The van der Waals surface area contributed by atoms with Crippen LogP contribution in [0.3, 0.4) is 0 Å². The summed E-state index contributed by atoms with van der Waals surface area (Å²) in [4.78, 5) is 41.3. The van der Waals surface area contributed by atoms with Crippen molar-refractivity contribution < 1.29 is 19.5 Å². The summed E-state index contributed by atoms with van der Waals surface area (Å²) in [6.07, 6.45) is 5.11. The van der Waals surface area contributed by atoms with Crippen molar-refractivity contribution in [2.75, 3.05) is 13.1 Å². The Morgan fingerprint density at radius 3 is 2.41 bits per heavy atom. The van der Waals surface area contributed by atoms with Gasteiger partial charge in [-0.05, 0) is 48.1 Å². The number of likely N-dealkylation sites (tertiary alicyclic amines) is 1. The topological polar surface area (TPSA) is 99.6 Å². The van der Waals surface area contributed by atoms with Crippen LogP contribution in [0.25, 0.3) is 0 Å². The van der Waals surface area contributed by atoms with Crippen molar-refractivity contribution in [1.29, 1.82) is 0 Å². The molecule has 2 aromatic rings. The standard InChI is InChI=1S/C20H21N3O4/c24-18(22-13-16-3-1-2-4-17(16)20(26)27)19(25)23-11-7-15(8-12-23)14-5-9-21-10-6-14/h1-6,9-10,15H,7-8,11-13H2,(H,22,24)(H,26,27). The molecular formula is C20H21N3O4. The van der Waals surface area contributed by atoms with Crippen LogP contribution in [0.4, 0.5) is 0 Å². The maximum Gasteiger partial charge on any atom is 0.336 e. The van der Waals surface area contributed by atoms with Crippen LogP contribution < -0.4 is 5.32 Å². The lowest BCUT2D eigenvalue weighted by Gasteiger charge is -2.31. The van der Waals surface area contributed by atoms with Gasteiger partial charge in [-0.3, -0.25) is 14.6 Å². The Hall–Kier alpha value is -3.22. The van der Waals surface area contributed by atoms with Crippen molar-refractivity contribution in [3.63, 3.8) is 0 Å². The number of rotatable bonds is 4. The Kier molecular flexibility index (Phi) is 5.80. The van der Waals surface area contributed by atoms with Gasteiger partial charge in [0.2, 0.25) is 0 Å². The lowest BCUT2D eigenvalue weighted by Crippen LogP contribution is -2.46. The Bertz CT molecular complexity index is 830. The SMILES string of the molecule is O=C(NCc1ccccc1C(=O)O)C(=O)N1CCC(c2ccncc2)CC1. The first-order valence-electron chi connectivity index (χ1n) is 8.84. The molecule has 1 fully saturated rings. The summed E-state index contributed by atoms with van der Waals surface area (Å²) in [7, 11) is 0. The van der Waals surface area contributed by atoms with Crippen molar-refractivity contribution in [2.24, 2.45) is 0 Å². The smallest absolute Gasteiger partial charge is 0.336 e. The van der Waals surface area contributed by atoms with E-state index in [0.29, 0.717) is 24.6 Å². The average molecular weight is 367 g/mol. The molecule has 1 aliphatic rings. The highest BCUT2D eigenvalue weighted by molar-refractivity contribution is 6.35. The van der Waals surface area contributed by atoms with Gasteiger partial charge in [0.15, 0.2) is 0 Å². The zero-order valence-corrected chi connectivity index (χ0v) is 14.8. The summed E-state index contributed by atoms with van der Waals surface area (Å²) in [5, 5.41) is 11.7. The normalized spacial score (nSPS) is 14.6. The molecule has 0 bridgehead atoms. The third-order valence-electron chi connectivity index (χ3n) is 4.84. The predicted molar refractivity (Wildman–Crippen MR) is 98.0 cm³/mol. The fraction of sp³-hybridized carbons (Fsp3) is 0.300. The highest BCUT2D eigenvalue weighted by atomic mass is 16.4. The highest BCUT2D eigenvalue weighted by Crippen LogP contribution is 2.27. The molecule has 0 saturated carbocycles. The second-order valence-corrected chi connectivity index (χ2v) is 6.49. The van der Waals surface area contributed by atoms with Crippen LogP contribution in [0.5, 0.6) is 0 Å². The maximum atomic E-state index is 12.4. The molecule has 0 spiro atoms. The minimum atomic E-state index is -1.07. The molecule has 1 aliphatic heterocycles. The number of carboxylic acid groups (broad SMARTS) is 1. The van der Waals surface area contributed by atoms with E-state index >= 15 is 0 Å². The summed E-state index contributed by atoms with van der Waals surface area (Å²) >= 11 is 0. The van der Waals surface area contributed by atoms with Gasteiger partial charge < -0.3 is 15.3 Å². The summed E-state index contributed by atoms with van der Waals surface area (Å²) in [6.45, 7) is 1.04. The molecule has 140 valence electrons. The molecule has 3 rings (SSSR count). The molecule has 2 N–H and O–H groups in total. The van der Waals surface area contributed by atoms with E-state index < -0.39 is 17.8 Å². The minimum absolute atomic E-state index is 0.000523. The number of carbonyl (C=O) groups excluding carboxylic acids is 2. The van der Waals surface area contributed by atoms with E-state index in [1.807, 2.05) is 12.1 Å². The Morgan fingerprint density at radius 1 is 1.07 bits per heavy atom. The van der Waals surface area contributed by atoms with Gasteiger partial charge >= 0.3 is 17.8 Å². The van der Waals surface area contributed by atoms with E-state index in [2.05, 4.69) is 10.3 Å². The molecule has 0 radical (unpaired) electrons. The zero-order valence-electron chi connectivity index (χ0n) is 14.8. The van der Waals surface area contributed by atoms with Crippen LogP contribution in [0.1, 0.15) is 40.2 Å². The summed E-state index contributed by atoms with van der Waals surface area (Å²) in [6, 6.07) is 10.4. The van der Waals surface area contributed by atoms with Crippen LogP contribution in [-0.4, -0.2) is 45.9 Å².